The van der Waals surface area contributed by atoms with Gasteiger partial charge in [0.05, 0.1) is 6.20 Å². The molecule has 0 aliphatic rings. The molecule has 4 rings (SSSR count). The Bertz CT molecular complexity index is 1020. The van der Waals surface area contributed by atoms with Gasteiger partial charge in [-0.3, -0.25) is 4.68 Å². The van der Waals surface area contributed by atoms with E-state index >= 15 is 0 Å². The van der Waals surface area contributed by atoms with E-state index in [1.807, 2.05) is 32.6 Å². The first kappa shape index (κ1) is 14.4. The number of aryl methyl sites for hydroxylation is 1. The van der Waals surface area contributed by atoms with Crippen LogP contribution in [0.4, 0.5) is 10.2 Å². The fraction of sp³-hybridized carbons (Fsp3) is 0.118. The highest BCUT2D eigenvalue weighted by atomic mass is 19.1. The van der Waals surface area contributed by atoms with E-state index in [9.17, 15) is 4.39 Å². The molecule has 0 atom stereocenters. The molecule has 0 aliphatic carbocycles. The molecule has 0 spiro atoms. The van der Waals surface area contributed by atoms with E-state index in [0.717, 1.165) is 33.8 Å². The lowest BCUT2D eigenvalue weighted by Crippen LogP contribution is -1.92. The van der Waals surface area contributed by atoms with Gasteiger partial charge in [-0.05, 0) is 30.3 Å². The Kier molecular flexibility index (Phi) is 3.26. The van der Waals surface area contributed by atoms with Gasteiger partial charge in [0.15, 0.2) is 5.65 Å². The minimum absolute atomic E-state index is 0.269. The van der Waals surface area contributed by atoms with Crippen molar-refractivity contribution in [3.05, 3.63) is 54.7 Å². The molecule has 0 radical (unpaired) electrons. The number of benzene rings is 1. The van der Waals surface area contributed by atoms with Gasteiger partial charge in [0.2, 0.25) is 0 Å². The van der Waals surface area contributed by atoms with Crippen molar-refractivity contribution >= 4 is 11.5 Å². The van der Waals surface area contributed by atoms with E-state index in [2.05, 4.69) is 20.5 Å². The third-order valence-corrected chi connectivity index (χ3v) is 3.85. The molecule has 4 aromatic rings. The number of fused-ring (bicyclic) bond motifs is 1. The Hall–Kier alpha value is -3.22. The molecule has 0 saturated carbocycles. The Morgan fingerprint density at radius 3 is 2.58 bits per heavy atom. The highest BCUT2D eigenvalue weighted by Gasteiger charge is 2.16. The highest BCUT2D eigenvalue weighted by molar-refractivity contribution is 5.87. The number of halogens is 1. The average Bonchev–Trinajstić information content (AvgIpc) is 3.18. The van der Waals surface area contributed by atoms with Crippen molar-refractivity contribution in [1.29, 1.82) is 0 Å². The van der Waals surface area contributed by atoms with E-state index in [1.165, 1.54) is 12.1 Å². The summed E-state index contributed by atoms with van der Waals surface area (Å²) in [5.74, 6) is 0.469. The maximum Gasteiger partial charge on any atom is 0.163 e. The molecule has 1 N–H and O–H groups in total. The lowest BCUT2D eigenvalue weighted by Gasteiger charge is -2.04. The van der Waals surface area contributed by atoms with Crippen molar-refractivity contribution in [2.75, 3.05) is 12.4 Å². The molecular formula is C17H15FN6. The van der Waals surface area contributed by atoms with E-state index in [4.69, 9.17) is 0 Å². The van der Waals surface area contributed by atoms with Gasteiger partial charge in [-0.2, -0.15) is 10.2 Å². The van der Waals surface area contributed by atoms with Crippen LogP contribution in [0.25, 0.3) is 28.0 Å². The summed E-state index contributed by atoms with van der Waals surface area (Å²) in [5, 5.41) is 11.9. The fourth-order valence-electron chi connectivity index (χ4n) is 2.73. The predicted molar refractivity (Wildman–Crippen MR) is 90.1 cm³/mol. The fourth-order valence-corrected chi connectivity index (χ4v) is 2.73. The maximum absolute atomic E-state index is 13.2. The van der Waals surface area contributed by atoms with E-state index in [0.29, 0.717) is 0 Å². The van der Waals surface area contributed by atoms with Crippen LogP contribution in [0.3, 0.4) is 0 Å². The number of anilines is 1. The third kappa shape index (κ3) is 2.30. The van der Waals surface area contributed by atoms with Gasteiger partial charge < -0.3 is 5.32 Å². The molecular weight excluding hydrogens is 307 g/mol. The summed E-state index contributed by atoms with van der Waals surface area (Å²) in [6, 6.07) is 8.23. The molecule has 3 heterocycles. The zero-order valence-corrected chi connectivity index (χ0v) is 13.2. The minimum Gasteiger partial charge on any atom is -0.372 e. The molecule has 0 unspecified atom stereocenters. The largest absolute Gasteiger partial charge is 0.372 e. The normalized spacial score (nSPS) is 11.1. The maximum atomic E-state index is 13.2. The smallest absolute Gasteiger partial charge is 0.163 e. The standard InChI is InChI=1S/C17H15FN6/c1-19-15-10-24-17(21-15)13(7-8-20-24)14-9-23(2)22-16(14)11-3-5-12(18)6-4-11/h3-10,19H,1-2H3. The van der Waals surface area contributed by atoms with Gasteiger partial charge in [0.1, 0.15) is 17.3 Å². The van der Waals surface area contributed by atoms with Gasteiger partial charge in [0, 0.05) is 43.2 Å². The first-order valence-electron chi connectivity index (χ1n) is 7.48. The van der Waals surface area contributed by atoms with Crippen LogP contribution in [-0.4, -0.2) is 31.4 Å². The SMILES string of the molecule is CNc1cn2nccc(-c3cn(C)nc3-c3ccc(F)cc3)c2n1. The highest BCUT2D eigenvalue weighted by Crippen LogP contribution is 2.33. The quantitative estimate of drug-likeness (QED) is 0.630. The van der Waals surface area contributed by atoms with Crippen molar-refractivity contribution in [2.24, 2.45) is 7.05 Å². The first-order valence-corrected chi connectivity index (χ1v) is 7.48. The number of aromatic nitrogens is 5. The van der Waals surface area contributed by atoms with Gasteiger partial charge in [-0.15, -0.1) is 0 Å². The molecule has 0 saturated heterocycles. The molecule has 1 aromatic carbocycles. The summed E-state index contributed by atoms with van der Waals surface area (Å²) >= 11 is 0. The molecule has 0 bridgehead atoms. The van der Waals surface area contributed by atoms with Crippen molar-refractivity contribution in [2.45, 2.75) is 0 Å². The predicted octanol–water partition coefficient (Wildman–Crippen LogP) is 2.98. The Morgan fingerprint density at radius 1 is 1.04 bits per heavy atom. The Morgan fingerprint density at radius 2 is 1.83 bits per heavy atom. The summed E-state index contributed by atoms with van der Waals surface area (Å²) in [7, 11) is 3.68. The number of rotatable bonds is 3. The van der Waals surface area contributed by atoms with E-state index in [1.54, 1.807) is 27.5 Å². The molecule has 0 aliphatic heterocycles. The van der Waals surface area contributed by atoms with Gasteiger partial charge in [-0.25, -0.2) is 13.9 Å². The first-order chi connectivity index (χ1) is 11.7. The minimum atomic E-state index is -0.269. The van der Waals surface area contributed by atoms with Gasteiger partial charge in [0.25, 0.3) is 0 Å². The molecule has 7 heteroatoms. The molecule has 120 valence electrons. The van der Waals surface area contributed by atoms with E-state index < -0.39 is 0 Å². The molecule has 24 heavy (non-hydrogen) atoms. The topological polar surface area (TPSA) is 60.0 Å². The summed E-state index contributed by atoms with van der Waals surface area (Å²) < 4.78 is 16.7. The van der Waals surface area contributed by atoms with Crippen LogP contribution >= 0.6 is 0 Å². The number of nitrogens with one attached hydrogen (secondary N) is 1. The Labute approximate surface area is 137 Å². The van der Waals surface area contributed by atoms with Crippen LogP contribution in [0.2, 0.25) is 0 Å². The second kappa shape index (κ2) is 5.45. The Balaban J connectivity index is 1.94. The van der Waals surface area contributed by atoms with Crippen molar-refractivity contribution in [1.82, 2.24) is 24.4 Å². The molecule has 6 nitrogen and oxygen atoms in total. The van der Waals surface area contributed by atoms with Crippen LogP contribution in [0, 0.1) is 5.82 Å². The number of hydrogen-bond acceptors (Lipinski definition) is 4. The molecule has 0 amide bonds. The zero-order valence-electron chi connectivity index (χ0n) is 13.2. The van der Waals surface area contributed by atoms with Crippen LogP contribution in [-0.2, 0) is 7.05 Å². The number of imidazole rings is 1. The van der Waals surface area contributed by atoms with Crippen molar-refractivity contribution in [3.63, 3.8) is 0 Å². The summed E-state index contributed by atoms with van der Waals surface area (Å²) in [6.07, 6.45) is 5.49. The summed E-state index contributed by atoms with van der Waals surface area (Å²) in [5.41, 5.74) is 4.20. The average molecular weight is 322 g/mol. The zero-order chi connectivity index (χ0) is 16.7. The third-order valence-electron chi connectivity index (χ3n) is 3.85. The van der Waals surface area contributed by atoms with E-state index in [-0.39, 0.29) is 5.82 Å². The summed E-state index contributed by atoms with van der Waals surface area (Å²) in [6.45, 7) is 0. The lowest BCUT2D eigenvalue weighted by atomic mass is 10.0. The lowest BCUT2D eigenvalue weighted by molar-refractivity contribution is 0.628. The molecule has 0 fully saturated rings. The summed E-state index contributed by atoms with van der Waals surface area (Å²) in [4.78, 5) is 4.56. The van der Waals surface area contributed by atoms with Crippen LogP contribution in [0.5, 0.6) is 0 Å². The second-order valence-corrected chi connectivity index (χ2v) is 5.46. The number of nitrogens with zero attached hydrogens (tertiary/aromatic N) is 5. The van der Waals surface area contributed by atoms with Gasteiger partial charge in [-0.1, -0.05) is 0 Å². The number of hydrogen-bond donors (Lipinski definition) is 1. The van der Waals surface area contributed by atoms with Crippen LogP contribution in [0.15, 0.2) is 48.9 Å². The molecule has 3 aromatic heterocycles. The van der Waals surface area contributed by atoms with Crippen LogP contribution in [0.1, 0.15) is 0 Å². The van der Waals surface area contributed by atoms with Crippen molar-refractivity contribution in [3.8, 4) is 22.4 Å². The monoisotopic (exact) mass is 322 g/mol. The van der Waals surface area contributed by atoms with Crippen LogP contribution < -0.4 is 5.32 Å². The van der Waals surface area contributed by atoms with Gasteiger partial charge >= 0.3 is 0 Å². The van der Waals surface area contributed by atoms with Crippen molar-refractivity contribution < 1.29 is 4.39 Å². The second-order valence-electron chi connectivity index (χ2n) is 5.46.